The van der Waals surface area contributed by atoms with E-state index in [4.69, 9.17) is 4.74 Å². The SMILES string of the molecule is Cc1cccc(N2CCOC2=O)n1. The van der Waals surface area contributed by atoms with Crippen LogP contribution in [0.25, 0.3) is 0 Å². The average molecular weight is 178 g/mol. The van der Waals surface area contributed by atoms with Crippen LogP contribution in [-0.2, 0) is 4.74 Å². The van der Waals surface area contributed by atoms with E-state index in [1.807, 2.05) is 19.1 Å². The largest absolute Gasteiger partial charge is 0.447 e. The van der Waals surface area contributed by atoms with Gasteiger partial charge >= 0.3 is 6.09 Å². The van der Waals surface area contributed by atoms with Crippen molar-refractivity contribution >= 4 is 11.9 Å². The van der Waals surface area contributed by atoms with Gasteiger partial charge in [-0.05, 0) is 19.1 Å². The Morgan fingerprint density at radius 2 is 2.38 bits per heavy atom. The second-order valence-corrected chi connectivity index (χ2v) is 2.90. The molecule has 0 atom stereocenters. The highest BCUT2D eigenvalue weighted by atomic mass is 16.6. The molecule has 0 radical (unpaired) electrons. The van der Waals surface area contributed by atoms with Crippen LogP contribution in [0.3, 0.4) is 0 Å². The minimum absolute atomic E-state index is 0.307. The molecule has 4 heteroatoms. The minimum atomic E-state index is -0.307. The van der Waals surface area contributed by atoms with Gasteiger partial charge in [-0.3, -0.25) is 4.90 Å². The van der Waals surface area contributed by atoms with Crippen LogP contribution in [0.5, 0.6) is 0 Å². The van der Waals surface area contributed by atoms with Gasteiger partial charge in [-0.2, -0.15) is 0 Å². The first-order valence-electron chi connectivity index (χ1n) is 4.15. The van der Waals surface area contributed by atoms with Crippen LogP contribution in [0.2, 0.25) is 0 Å². The lowest BCUT2D eigenvalue weighted by atomic mass is 10.3. The molecule has 0 unspecified atom stereocenters. The highest BCUT2D eigenvalue weighted by Crippen LogP contribution is 2.15. The molecule has 1 aliphatic rings. The minimum Gasteiger partial charge on any atom is -0.447 e. The normalized spacial score (nSPS) is 16.1. The predicted molar refractivity (Wildman–Crippen MR) is 47.7 cm³/mol. The molecule has 2 heterocycles. The van der Waals surface area contributed by atoms with Crippen molar-refractivity contribution in [1.82, 2.24) is 4.98 Å². The van der Waals surface area contributed by atoms with Gasteiger partial charge in [0.1, 0.15) is 12.4 Å². The van der Waals surface area contributed by atoms with Crippen molar-refractivity contribution in [2.75, 3.05) is 18.1 Å². The number of cyclic esters (lactones) is 1. The highest BCUT2D eigenvalue weighted by Gasteiger charge is 2.24. The Hall–Kier alpha value is -1.58. The lowest BCUT2D eigenvalue weighted by Gasteiger charge is -2.11. The van der Waals surface area contributed by atoms with E-state index >= 15 is 0 Å². The third kappa shape index (κ3) is 1.47. The Morgan fingerprint density at radius 1 is 1.54 bits per heavy atom. The monoisotopic (exact) mass is 178 g/mol. The Balaban J connectivity index is 2.29. The van der Waals surface area contributed by atoms with Gasteiger partial charge in [0.15, 0.2) is 0 Å². The molecular weight excluding hydrogens is 168 g/mol. The molecule has 1 amide bonds. The topological polar surface area (TPSA) is 42.4 Å². The van der Waals surface area contributed by atoms with Crippen molar-refractivity contribution in [2.45, 2.75) is 6.92 Å². The van der Waals surface area contributed by atoms with Crippen molar-refractivity contribution in [2.24, 2.45) is 0 Å². The quantitative estimate of drug-likeness (QED) is 0.651. The van der Waals surface area contributed by atoms with E-state index in [-0.39, 0.29) is 6.09 Å². The van der Waals surface area contributed by atoms with Gasteiger partial charge in [-0.25, -0.2) is 9.78 Å². The lowest BCUT2D eigenvalue weighted by Crippen LogP contribution is -2.24. The number of amides is 1. The fraction of sp³-hybridized carbons (Fsp3) is 0.333. The number of ether oxygens (including phenoxy) is 1. The van der Waals surface area contributed by atoms with E-state index in [0.29, 0.717) is 19.0 Å². The first-order chi connectivity index (χ1) is 6.27. The van der Waals surface area contributed by atoms with E-state index in [9.17, 15) is 4.79 Å². The number of carbonyl (C=O) groups excluding carboxylic acids is 1. The molecule has 1 saturated heterocycles. The van der Waals surface area contributed by atoms with Crippen LogP contribution >= 0.6 is 0 Å². The summed E-state index contributed by atoms with van der Waals surface area (Å²) in [6.45, 7) is 2.94. The number of carbonyl (C=O) groups is 1. The van der Waals surface area contributed by atoms with Crippen molar-refractivity contribution in [1.29, 1.82) is 0 Å². The number of pyridine rings is 1. The average Bonchev–Trinajstić information content (AvgIpc) is 2.51. The molecule has 0 aliphatic carbocycles. The maximum Gasteiger partial charge on any atom is 0.415 e. The highest BCUT2D eigenvalue weighted by molar-refractivity contribution is 5.88. The van der Waals surface area contributed by atoms with E-state index in [1.54, 1.807) is 6.07 Å². The van der Waals surface area contributed by atoms with Gasteiger partial charge in [-0.1, -0.05) is 6.07 Å². The summed E-state index contributed by atoms with van der Waals surface area (Å²) in [5.74, 6) is 0.669. The van der Waals surface area contributed by atoms with E-state index < -0.39 is 0 Å². The Kier molecular flexibility index (Phi) is 1.88. The number of anilines is 1. The summed E-state index contributed by atoms with van der Waals surface area (Å²) >= 11 is 0. The molecule has 0 saturated carbocycles. The number of aryl methyl sites for hydroxylation is 1. The van der Waals surface area contributed by atoms with Gasteiger partial charge in [0.2, 0.25) is 0 Å². The van der Waals surface area contributed by atoms with E-state index in [0.717, 1.165) is 5.69 Å². The first-order valence-corrected chi connectivity index (χ1v) is 4.15. The summed E-state index contributed by atoms with van der Waals surface area (Å²) in [4.78, 5) is 16.9. The van der Waals surface area contributed by atoms with Crippen molar-refractivity contribution < 1.29 is 9.53 Å². The number of aromatic nitrogens is 1. The molecule has 2 rings (SSSR count). The van der Waals surface area contributed by atoms with Crippen molar-refractivity contribution in [3.8, 4) is 0 Å². The van der Waals surface area contributed by atoms with Crippen LogP contribution in [0, 0.1) is 6.92 Å². The third-order valence-electron chi connectivity index (χ3n) is 1.91. The smallest absolute Gasteiger partial charge is 0.415 e. The Bertz CT molecular complexity index is 338. The molecule has 0 spiro atoms. The van der Waals surface area contributed by atoms with Gasteiger partial charge < -0.3 is 4.74 Å². The van der Waals surface area contributed by atoms with Crippen LogP contribution in [0.1, 0.15) is 5.69 Å². The molecule has 1 aromatic heterocycles. The van der Waals surface area contributed by atoms with E-state index in [1.165, 1.54) is 4.90 Å². The Labute approximate surface area is 76.1 Å². The number of hydrogen-bond acceptors (Lipinski definition) is 3. The summed E-state index contributed by atoms with van der Waals surface area (Å²) in [6, 6.07) is 5.58. The summed E-state index contributed by atoms with van der Waals surface area (Å²) in [5.41, 5.74) is 0.900. The zero-order valence-electron chi connectivity index (χ0n) is 7.36. The summed E-state index contributed by atoms with van der Waals surface area (Å²) in [5, 5.41) is 0. The van der Waals surface area contributed by atoms with Crippen molar-refractivity contribution in [3.05, 3.63) is 23.9 Å². The van der Waals surface area contributed by atoms with Crippen LogP contribution in [-0.4, -0.2) is 24.2 Å². The molecule has 0 aromatic carbocycles. The molecule has 1 aliphatic heterocycles. The Morgan fingerprint density at radius 3 is 3.00 bits per heavy atom. The second-order valence-electron chi connectivity index (χ2n) is 2.90. The molecule has 13 heavy (non-hydrogen) atoms. The molecule has 0 bridgehead atoms. The fourth-order valence-electron chi connectivity index (χ4n) is 1.28. The summed E-state index contributed by atoms with van der Waals surface area (Å²) in [6.07, 6.45) is -0.307. The molecule has 4 nitrogen and oxygen atoms in total. The molecule has 1 fully saturated rings. The van der Waals surface area contributed by atoms with Gasteiger partial charge in [0.05, 0.1) is 6.54 Å². The zero-order chi connectivity index (χ0) is 9.26. The van der Waals surface area contributed by atoms with E-state index in [2.05, 4.69) is 4.98 Å². The molecular formula is C9H10N2O2. The standard InChI is InChI=1S/C9H10N2O2/c1-7-3-2-4-8(10-7)11-5-6-13-9(11)12/h2-4H,5-6H2,1H3. The number of hydrogen-bond donors (Lipinski definition) is 0. The fourth-order valence-corrected chi connectivity index (χ4v) is 1.28. The van der Waals surface area contributed by atoms with Gasteiger partial charge in [0.25, 0.3) is 0 Å². The number of nitrogens with zero attached hydrogens (tertiary/aromatic N) is 2. The predicted octanol–water partition coefficient (Wildman–Crippen LogP) is 1.35. The van der Waals surface area contributed by atoms with Crippen LogP contribution < -0.4 is 4.90 Å². The molecule has 1 aromatic rings. The second kappa shape index (κ2) is 3.05. The van der Waals surface area contributed by atoms with Gasteiger partial charge in [0, 0.05) is 5.69 Å². The number of rotatable bonds is 1. The molecule has 68 valence electrons. The van der Waals surface area contributed by atoms with Crippen LogP contribution in [0.15, 0.2) is 18.2 Å². The maximum atomic E-state index is 11.1. The summed E-state index contributed by atoms with van der Waals surface area (Å²) in [7, 11) is 0. The maximum absolute atomic E-state index is 11.1. The van der Waals surface area contributed by atoms with Crippen LogP contribution in [0.4, 0.5) is 10.6 Å². The lowest BCUT2D eigenvalue weighted by molar-refractivity contribution is 0.181. The summed E-state index contributed by atoms with van der Waals surface area (Å²) < 4.78 is 4.81. The first kappa shape index (κ1) is 8.04. The van der Waals surface area contributed by atoms with Crippen molar-refractivity contribution in [3.63, 3.8) is 0 Å². The molecule has 0 N–H and O–H groups in total. The third-order valence-corrected chi connectivity index (χ3v) is 1.91. The van der Waals surface area contributed by atoms with Gasteiger partial charge in [-0.15, -0.1) is 0 Å². The zero-order valence-corrected chi connectivity index (χ0v) is 7.36.